The van der Waals surface area contributed by atoms with Crippen LogP contribution >= 0.6 is 0 Å². The summed E-state index contributed by atoms with van der Waals surface area (Å²) in [5, 5.41) is 9.30. The highest BCUT2D eigenvalue weighted by Crippen LogP contribution is 2.31. The van der Waals surface area contributed by atoms with Crippen LogP contribution in [-0.2, 0) is 12.5 Å². The SMILES string of the molecule is CC(NCc1ccn[nH]1)C(F)(F)c1ccccc1. The van der Waals surface area contributed by atoms with E-state index < -0.39 is 12.0 Å². The van der Waals surface area contributed by atoms with Gasteiger partial charge in [-0.2, -0.15) is 13.9 Å². The minimum Gasteiger partial charge on any atom is -0.303 e. The molecule has 0 spiro atoms. The third-order valence-corrected chi connectivity index (χ3v) is 2.86. The first-order chi connectivity index (χ1) is 8.60. The van der Waals surface area contributed by atoms with Crippen molar-refractivity contribution in [1.82, 2.24) is 15.5 Å². The van der Waals surface area contributed by atoms with E-state index in [4.69, 9.17) is 0 Å². The van der Waals surface area contributed by atoms with Crippen molar-refractivity contribution in [3.63, 3.8) is 0 Å². The molecular weight excluding hydrogens is 236 g/mol. The summed E-state index contributed by atoms with van der Waals surface area (Å²) in [4.78, 5) is 0. The lowest BCUT2D eigenvalue weighted by atomic mass is 10.0. The van der Waals surface area contributed by atoms with Gasteiger partial charge in [-0.1, -0.05) is 30.3 Å². The van der Waals surface area contributed by atoms with E-state index in [-0.39, 0.29) is 5.56 Å². The van der Waals surface area contributed by atoms with Gasteiger partial charge in [0.05, 0.1) is 6.04 Å². The third-order valence-electron chi connectivity index (χ3n) is 2.86. The van der Waals surface area contributed by atoms with Crippen molar-refractivity contribution < 1.29 is 8.78 Å². The summed E-state index contributed by atoms with van der Waals surface area (Å²) >= 11 is 0. The lowest BCUT2D eigenvalue weighted by molar-refractivity contribution is -0.0383. The zero-order valence-corrected chi connectivity index (χ0v) is 10.0. The molecule has 0 aliphatic rings. The van der Waals surface area contributed by atoms with Crippen molar-refractivity contribution in [1.29, 1.82) is 0 Å². The van der Waals surface area contributed by atoms with Crippen LogP contribution in [0.2, 0.25) is 0 Å². The van der Waals surface area contributed by atoms with Crippen molar-refractivity contribution >= 4 is 0 Å². The molecule has 2 N–H and O–H groups in total. The first-order valence-electron chi connectivity index (χ1n) is 5.75. The van der Waals surface area contributed by atoms with Gasteiger partial charge in [0.25, 0.3) is 5.92 Å². The van der Waals surface area contributed by atoms with Gasteiger partial charge in [-0.15, -0.1) is 0 Å². The first-order valence-corrected chi connectivity index (χ1v) is 5.75. The Morgan fingerprint density at radius 1 is 1.28 bits per heavy atom. The van der Waals surface area contributed by atoms with E-state index in [9.17, 15) is 8.78 Å². The molecule has 0 fully saturated rings. The van der Waals surface area contributed by atoms with Gasteiger partial charge in [-0.25, -0.2) is 0 Å². The summed E-state index contributed by atoms with van der Waals surface area (Å²) < 4.78 is 28.2. The maximum atomic E-state index is 14.1. The summed E-state index contributed by atoms with van der Waals surface area (Å²) in [5.41, 5.74) is 0.806. The maximum Gasteiger partial charge on any atom is 0.287 e. The standard InChI is InChI=1S/C13H15F2N3/c1-10(16-9-12-7-8-17-18-12)13(14,15)11-5-3-2-4-6-11/h2-8,10,16H,9H2,1H3,(H,17,18). The van der Waals surface area contributed by atoms with Crippen LogP contribution in [0.15, 0.2) is 42.6 Å². The molecule has 1 unspecified atom stereocenters. The van der Waals surface area contributed by atoms with Crippen LogP contribution in [0, 0.1) is 0 Å². The molecule has 0 bridgehead atoms. The summed E-state index contributed by atoms with van der Waals surface area (Å²) in [6.45, 7) is 1.81. The van der Waals surface area contributed by atoms with E-state index in [0.29, 0.717) is 6.54 Å². The normalized spacial score (nSPS) is 13.5. The lowest BCUT2D eigenvalue weighted by Gasteiger charge is -2.24. The van der Waals surface area contributed by atoms with E-state index in [1.807, 2.05) is 0 Å². The highest BCUT2D eigenvalue weighted by atomic mass is 19.3. The molecule has 0 saturated carbocycles. The van der Waals surface area contributed by atoms with Crippen LogP contribution in [0.5, 0.6) is 0 Å². The van der Waals surface area contributed by atoms with Gasteiger partial charge in [0.2, 0.25) is 0 Å². The third kappa shape index (κ3) is 2.73. The number of aromatic nitrogens is 2. The number of H-pyrrole nitrogens is 1. The summed E-state index contributed by atoms with van der Waals surface area (Å²) in [7, 11) is 0. The number of nitrogens with one attached hydrogen (secondary N) is 2. The van der Waals surface area contributed by atoms with E-state index in [1.54, 1.807) is 30.5 Å². The topological polar surface area (TPSA) is 40.7 Å². The van der Waals surface area contributed by atoms with E-state index in [1.165, 1.54) is 19.1 Å². The molecule has 1 atom stereocenters. The highest BCUT2D eigenvalue weighted by Gasteiger charge is 2.37. The predicted molar refractivity (Wildman–Crippen MR) is 65.2 cm³/mol. The van der Waals surface area contributed by atoms with E-state index >= 15 is 0 Å². The van der Waals surface area contributed by atoms with Crippen molar-refractivity contribution in [2.24, 2.45) is 0 Å². The molecule has 0 radical (unpaired) electrons. The van der Waals surface area contributed by atoms with Crippen molar-refractivity contribution in [2.75, 3.05) is 0 Å². The summed E-state index contributed by atoms with van der Waals surface area (Å²) in [5.74, 6) is -2.90. The monoisotopic (exact) mass is 251 g/mol. The summed E-state index contributed by atoms with van der Waals surface area (Å²) in [6.07, 6.45) is 1.59. The van der Waals surface area contributed by atoms with Crippen LogP contribution in [-0.4, -0.2) is 16.2 Å². The minimum atomic E-state index is -2.90. The van der Waals surface area contributed by atoms with Gasteiger partial charge in [0, 0.05) is 24.0 Å². The number of benzene rings is 1. The molecule has 3 nitrogen and oxygen atoms in total. The Morgan fingerprint density at radius 2 is 2.00 bits per heavy atom. The van der Waals surface area contributed by atoms with Crippen LogP contribution in [0.3, 0.4) is 0 Å². The van der Waals surface area contributed by atoms with Gasteiger partial charge < -0.3 is 5.32 Å². The van der Waals surface area contributed by atoms with Gasteiger partial charge in [0.15, 0.2) is 0 Å². The largest absolute Gasteiger partial charge is 0.303 e. The highest BCUT2D eigenvalue weighted by molar-refractivity contribution is 5.21. The Kier molecular flexibility index (Phi) is 3.72. The second-order valence-electron chi connectivity index (χ2n) is 4.17. The number of halogens is 2. The van der Waals surface area contributed by atoms with Crippen LogP contribution in [0.1, 0.15) is 18.2 Å². The predicted octanol–water partition coefficient (Wildman–Crippen LogP) is 2.68. The fourth-order valence-corrected chi connectivity index (χ4v) is 1.68. The number of alkyl halides is 2. The lowest BCUT2D eigenvalue weighted by Crippen LogP contribution is -2.40. The molecule has 18 heavy (non-hydrogen) atoms. The van der Waals surface area contributed by atoms with Crippen molar-refractivity contribution in [2.45, 2.75) is 25.4 Å². The molecule has 2 aromatic rings. The smallest absolute Gasteiger partial charge is 0.287 e. The number of rotatable bonds is 5. The Labute approximate surface area is 104 Å². The van der Waals surface area contributed by atoms with Gasteiger partial charge in [0.1, 0.15) is 0 Å². The summed E-state index contributed by atoms with van der Waals surface area (Å²) in [6, 6.07) is 8.63. The second kappa shape index (κ2) is 5.27. The number of nitrogens with zero attached hydrogens (tertiary/aromatic N) is 1. The van der Waals surface area contributed by atoms with Crippen LogP contribution in [0.4, 0.5) is 8.78 Å². The quantitative estimate of drug-likeness (QED) is 0.857. The number of hydrogen-bond donors (Lipinski definition) is 2. The molecule has 1 aromatic heterocycles. The molecule has 0 saturated heterocycles. The van der Waals surface area contributed by atoms with Gasteiger partial charge in [-0.3, -0.25) is 5.10 Å². The molecule has 0 amide bonds. The molecular formula is C13H15F2N3. The number of hydrogen-bond acceptors (Lipinski definition) is 2. The van der Waals surface area contributed by atoms with Crippen LogP contribution < -0.4 is 5.32 Å². The van der Waals surface area contributed by atoms with E-state index in [0.717, 1.165) is 5.69 Å². The Balaban J connectivity index is 2.01. The zero-order valence-electron chi connectivity index (χ0n) is 10.0. The fraction of sp³-hybridized carbons (Fsp3) is 0.308. The molecule has 0 aliphatic heterocycles. The van der Waals surface area contributed by atoms with Gasteiger partial charge >= 0.3 is 0 Å². The fourth-order valence-electron chi connectivity index (χ4n) is 1.68. The van der Waals surface area contributed by atoms with Gasteiger partial charge in [-0.05, 0) is 13.0 Å². The Morgan fingerprint density at radius 3 is 2.61 bits per heavy atom. The average Bonchev–Trinajstić information content (AvgIpc) is 2.90. The molecule has 1 aromatic carbocycles. The second-order valence-corrected chi connectivity index (χ2v) is 4.17. The molecule has 96 valence electrons. The van der Waals surface area contributed by atoms with Crippen molar-refractivity contribution in [3.05, 3.63) is 53.9 Å². The van der Waals surface area contributed by atoms with Crippen molar-refractivity contribution in [3.8, 4) is 0 Å². The maximum absolute atomic E-state index is 14.1. The molecule has 0 aliphatic carbocycles. The Bertz CT molecular complexity index is 468. The molecule has 1 heterocycles. The molecule has 2 rings (SSSR count). The van der Waals surface area contributed by atoms with E-state index in [2.05, 4.69) is 15.5 Å². The molecule has 5 heteroatoms. The Hall–Kier alpha value is -1.75. The zero-order chi connectivity index (χ0) is 13.0. The minimum absolute atomic E-state index is 0.0228. The number of aromatic amines is 1. The average molecular weight is 251 g/mol. The first kappa shape index (κ1) is 12.7. The van der Waals surface area contributed by atoms with Crippen LogP contribution in [0.25, 0.3) is 0 Å².